The predicted octanol–water partition coefficient (Wildman–Crippen LogP) is 4.12. The third kappa shape index (κ3) is 4.85. The van der Waals surface area contributed by atoms with Crippen molar-refractivity contribution in [3.8, 4) is 0 Å². The van der Waals surface area contributed by atoms with E-state index in [-0.39, 0.29) is 5.91 Å². The second kappa shape index (κ2) is 8.53. The van der Waals surface area contributed by atoms with Gasteiger partial charge in [-0.05, 0) is 36.4 Å². The van der Waals surface area contributed by atoms with Crippen molar-refractivity contribution in [1.29, 1.82) is 0 Å². The first kappa shape index (κ1) is 18.0. The van der Waals surface area contributed by atoms with E-state index in [1.165, 1.54) is 24.4 Å². The molecule has 0 aliphatic carbocycles. The van der Waals surface area contributed by atoms with E-state index in [4.69, 9.17) is 0 Å². The van der Waals surface area contributed by atoms with Crippen LogP contribution >= 0.6 is 0 Å². The first-order valence-corrected chi connectivity index (χ1v) is 8.17. The van der Waals surface area contributed by atoms with Crippen molar-refractivity contribution in [3.05, 3.63) is 96.1 Å². The number of para-hydroxylation sites is 2. The third-order valence-corrected chi connectivity index (χ3v) is 3.68. The highest BCUT2D eigenvalue weighted by Gasteiger charge is 2.10. The van der Waals surface area contributed by atoms with Crippen molar-refractivity contribution in [2.45, 2.75) is 0 Å². The van der Waals surface area contributed by atoms with Gasteiger partial charge in [-0.15, -0.1) is 0 Å². The van der Waals surface area contributed by atoms with Gasteiger partial charge >= 0.3 is 0 Å². The van der Waals surface area contributed by atoms with Crippen molar-refractivity contribution >= 4 is 29.3 Å². The molecule has 0 aliphatic heterocycles. The maximum atomic E-state index is 13.6. The largest absolute Gasteiger partial charge is 0.321 e. The number of nitrogens with zero attached hydrogens (tertiary/aromatic N) is 1. The highest BCUT2D eigenvalue weighted by Crippen LogP contribution is 2.22. The van der Waals surface area contributed by atoms with Gasteiger partial charge < -0.3 is 10.6 Å². The Morgan fingerprint density at radius 2 is 1.59 bits per heavy atom. The Morgan fingerprint density at radius 3 is 2.30 bits per heavy atom. The normalized spacial score (nSPS) is 10.6. The zero-order valence-electron chi connectivity index (χ0n) is 14.2. The summed E-state index contributed by atoms with van der Waals surface area (Å²) in [5, 5.41) is 5.42. The predicted molar refractivity (Wildman–Crippen MR) is 103 cm³/mol. The molecule has 1 heterocycles. The minimum atomic E-state index is -0.443. The molecule has 2 N–H and O–H groups in total. The van der Waals surface area contributed by atoms with Crippen LogP contribution < -0.4 is 10.6 Å². The fourth-order valence-corrected chi connectivity index (χ4v) is 2.34. The standard InChI is InChI=1S/C21H16FN3O2/c22-17-8-2-1-6-15(17)11-12-20(26)24-18-9-3-4-10-19(18)25-21(27)16-7-5-13-23-14-16/h1-14H,(H,24,26)(H,25,27)/b12-11+. The number of carbonyl (C=O) groups excluding carboxylic acids is 2. The number of aromatic nitrogens is 1. The quantitative estimate of drug-likeness (QED) is 0.672. The molecule has 27 heavy (non-hydrogen) atoms. The SMILES string of the molecule is O=C(/C=C/c1ccccc1F)Nc1ccccc1NC(=O)c1cccnc1. The fraction of sp³-hybridized carbons (Fsp3) is 0. The Hall–Kier alpha value is -3.80. The fourth-order valence-electron chi connectivity index (χ4n) is 2.34. The molecule has 0 atom stereocenters. The number of hydrogen-bond donors (Lipinski definition) is 2. The van der Waals surface area contributed by atoms with Crippen LogP contribution in [-0.4, -0.2) is 16.8 Å². The highest BCUT2D eigenvalue weighted by atomic mass is 19.1. The Kier molecular flexibility index (Phi) is 5.69. The van der Waals surface area contributed by atoms with Gasteiger partial charge in [0.05, 0.1) is 16.9 Å². The molecule has 0 saturated carbocycles. The number of hydrogen-bond acceptors (Lipinski definition) is 3. The summed E-state index contributed by atoms with van der Waals surface area (Å²) < 4.78 is 13.6. The minimum Gasteiger partial charge on any atom is -0.321 e. The molecule has 5 nitrogen and oxygen atoms in total. The molecule has 0 fully saturated rings. The van der Waals surface area contributed by atoms with E-state index in [9.17, 15) is 14.0 Å². The molecule has 0 spiro atoms. The van der Waals surface area contributed by atoms with Crippen molar-refractivity contribution in [2.75, 3.05) is 10.6 Å². The molecule has 0 bridgehead atoms. The summed E-state index contributed by atoms with van der Waals surface area (Å²) in [4.78, 5) is 28.4. The van der Waals surface area contributed by atoms with Gasteiger partial charge in [0, 0.05) is 24.0 Å². The smallest absolute Gasteiger partial charge is 0.257 e. The van der Waals surface area contributed by atoms with Crippen molar-refractivity contribution in [2.24, 2.45) is 0 Å². The van der Waals surface area contributed by atoms with E-state index in [0.717, 1.165) is 0 Å². The van der Waals surface area contributed by atoms with Gasteiger partial charge in [-0.3, -0.25) is 14.6 Å². The third-order valence-electron chi connectivity index (χ3n) is 3.68. The summed E-state index contributed by atoms with van der Waals surface area (Å²) in [6.07, 6.45) is 5.65. The second-order valence-electron chi connectivity index (χ2n) is 5.59. The zero-order valence-corrected chi connectivity index (χ0v) is 14.2. The van der Waals surface area contributed by atoms with Crippen LogP contribution in [0.4, 0.5) is 15.8 Å². The first-order chi connectivity index (χ1) is 13.1. The number of carbonyl (C=O) groups is 2. The average Bonchev–Trinajstić information content (AvgIpc) is 2.69. The zero-order chi connectivity index (χ0) is 19.1. The van der Waals surface area contributed by atoms with E-state index in [2.05, 4.69) is 15.6 Å². The maximum Gasteiger partial charge on any atom is 0.257 e. The van der Waals surface area contributed by atoms with Crippen LogP contribution in [0.5, 0.6) is 0 Å². The summed E-state index contributed by atoms with van der Waals surface area (Å²) in [5.74, 6) is -1.20. The Morgan fingerprint density at radius 1 is 0.889 bits per heavy atom. The molecule has 0 unspecified atom stereocenters. The highest BCUT2D eigenvalue weighted by molar-refractivity contribution is 6.08. The summed E-state index contributed by atoms with van der Waals surface area (Å²) >= 11 is 0. The Labute approximate surface area is 155 Å². The average molecular weight is 361 g/mol. The van der Waals surface area contributed by atoms with Crippen LogP contribution in [0, 0.1) is 5.82 Å². The van der Waals surface area contributed by atoms with Crippen LogP contribution in [0.15, 0.2) is 79.1 Å². The number of rotatable bonds is 5. The molecule has 6 heteroatoms. The number of halogens is 1. The van der Waals surface area contributed by atoms with Gasteiger partial charge in [-0.1, -0.05) is 30.3 Å². The lowest BCUT2D eigenvalue weighted by atomic mass is 10.2. The Bertz CT molecular complexity index is 987. The van der Waals surface area contributed by atoms with E-state index in [1.807, 2.05) is 0 Å². The lowest BCUT2D eigenvalue weighted by molar-refractivity contribution is -0.111. The number of nitrogens with one attached hydrogen (secondary N) is 2. The molecule has 3 rings (SSSR count). The number of pyridine rings is 1. The van der Waals surface area contributed by atoms with E-state index in [0.29, 0.717) is 22.5 Å². The topological polar surface area (TPSA) is 71.1 Å². The lowest BCUT2D eigenvalue weighted by Crippen LogP contribution is -2.15. The number of benzene rings is 2. The molecule has 0 aliphatic rings. The van der Waals surface area contributed by atoms with Gasteiger partial charge in [0.25, 0.3) is 5.91 Å². The van der Waals surface area contributed by atoms with Crippen LogP contribution in [0.1, 0.15) is 15.9 Å². The molecular weight excluding hydrogens is 345 g/mol. The molecule has 0 radical (unpaired) electrons. The summed E-state index contributed by atoms with van der Waals surface area (Å²) in [6.45, 7) is 0. The van der Waals surface area contributed by atoms with Gasteiger partial charge in [-0.25, -0.2) is 4.39 Å². The van der Waals surface area contributed by atoms with Gasteiger partial charge in [0.2, 0.25) is 5.91 Å². The molecule has 2 amide bonds. The Balaban J connectivity index is 1.71. The van der Waals surface area contributed by atoms with E-state index < -0.39 is 11.7 Å². The first-order valence-electron chi connectivity index (χ1n) is 8.17. The van der Waals surface area contributed by atoms with E-state index in [1.54, 1.807) is 60.8 Å². The summed E-state index contributed by atoms with van der Waals surface area (Å²) in [7, 11) is 0. The molecule has 3 aromatic rings. The number of anilines is 2. The molecule has 134 valence electrons. The number of amides is 2. The van der Waals surface area contributed by atoms with Gasteiger partial charge in [0.15, 0.2) is 0 Å². The van der Waals surface area contributed by atoms with Crippen LogP contribution in [0.3, 0.4) is 0 Å². The molecule has 2 aromatic carbocycles. The molecule has 0 saturated heterocycles. The lowest BCUT2D eigenvalue weighted by Gasteiger charge is -2.11. The monoisotopic (exact) mass is 361 g/mol. The minimum absolute atomic E-state index is 0.311. The molecule has 1 aromatic heterocycles. The second-order valence-corrected chi connectivity index (χ2v) is 5.59. The van der Waals surface area contributed by atoms with Crippen molar-refractivity contribution in [1.82, 2.24) is 4.98 Å². The van der Waals surface area contributed by atoms with Crippen LogP contribution in [-0.2, 0) is 4.79 Å². The molecular formula is C21H16FN3O2. The van der Waals surface area contributed by atoms with Crippen molar-refractivity contribution < 1.29 is 14.0 Å². The van der Waals surface area contributed by atoms with Crippen molar-refractivity contribution in [3.63, 3.8) is 0 Å². The van der Waals surface area contributed by atoms with E-state index >= 15 is 0 Å². The maximum absolute atomic E-state index is 13.6. The van der Waals surface area contributed by atoms with Crippen LogP contribution in [0.2, 0.25) is 0 Å². The van der Waals surface area contributed by atoms with Gasteiger partial charge in [-0.2, -0.15) is 0 Å². The van der Waals surface area contributed by atoms with Gasteiger partial charge in [0.1, 0.15) is 5.82 Å². The van der Waals surface area contributed by atoms with Crippen LogP contribution in [0.25, 0.3) is 6.08 Å². The summed E-state index contributed by atoms with van der Waals surface area (Å²) in [5.41, 5.74) is 1.58. The summed E-state index contributed by atoms with van der Waals surface area (Å²) in [6, 6.07) is 16.3.